The summed E-state index contributed by atoms with van der Waals surface area (Å²) in [5.41, 5.74) is -0.157. The van der Waals surface area contributed by atoms with Crippen LogP contribution in [0.3, 0.4) is 0 Å². The Hall–Kier alpha value is -1.85. The molecule has 0 saturated heterocycles. The summed E-state index contributed by atoms with van der Waals surface area (Å²) >= 11 is 0. The molecule has 0 atom stereocenters. The average Bonchev–Trinajstić information content (AvgIpc) is 2.60. The second kappa shape index (κ2) is 4.57. The summed E-state index contributed by atoms with van der Waals surface area (Å²) in [6, 6.07) is 0. The fraction of sp³-hybridized carbons (Fsp3) is 0.545. The van der Waals surface area contributed by atoms with E-state index in [1.165, 1.54) is 11.1 Å². The molecule has 0 aliphatic heterocycles. The van der Waals surface area contributed by atoms with Gasteiger partial charge in [-0.2, -0.15) is 0 Å². The predicted octanol–water partition coefficient (Wildman–Crippen LogP) is 1.31. The molecule has 0 fully saturated rings. The number of nitrogens with zero attached hydrogens (tertiary/aromatic N) is 2. The van der Waals surface area contributed by atoms with Gasteiger partial charge in [-0.3, -0.25) is 9.59 Å². The Kier molecular flexibility index (Phi) is 3.55. The Labute approximate surface area is 99.2 Å². The molecule has 0 saturated carbocycles. The molecule has 94 valence electrons. The number of carboxylic acid groups (broad SMARTS) is 1. The monoisotopic (exact) mass is 240 g/mol. The normalized spacial score (nSPS) is 11.3. The first-order valence-electron chi connectivity index (χ1n) is 5.17. The van der Waals surface area contributed by atoms with Gasteiger partial charge in [0.15, 0.2) is 0 Å². The van der Waals surface area contributed by atoms with Gasteiger partial charge in [0.1, 0.15) is 0 Å². The molecule has 0 radical (unpaired) electrons. The van der Waals surface area contributed by atoms with E-state index >= 15 is 0 Å². The first-order chi connectivity index (χ1) is 7.75. The zero-order chi connectivity index (χ0) is 13.2. The lowest BCUT2D eigenvalue weighted by molar-refractivity contribution is -0.139. The average molecular weight is 240 g/mol. The fourth-order valence-electron chi connectivity index (χ4n) is 1.41. The Morgan fingerprint density at radius 1 is 1.53 bits per heavy atom. The summed E-state index contributed by atoms with van der Waals surface area (Å²) in [4.78, 5) is 24.1. The first-order valence-corrected chi connectivity index (χ1v) is 5.17. The number of carboxylic acids is 1. The molecule has 6 nitrogen and oxygen atoms in total. The lowest BCUT2D eigenvalue weighted by Gasteiger charge is -2.33. The topological polar surface area (TPSA) is 83.6 Å². The van der Waals surface area contributed by atoms with E-state index in [0.29, 0.717) is 5.56 Å². The minimum Gasteiger partial charge on any atom is -0.481 e. The van der Waals surface area contributed by atoms with Gasteiger partial charge in [-0.05, 0) is 20.8 Å². The minimum absolute atomic E-state index is 0.136. The highest BCUT2D eigenvalue weighted by molar-refractivity contribution is 5.93. The Bertz CT molecular complexity index is 436. The molecule has 1 heterocycles. The molecule has 0 unspecified atom stereocenters. The Morgan fingerprint density at radius 3 is 2.53 bits per heavy atom. The zero-order valence-corrected chi connectivity index (χ0v) is 10.4. The SMILES string of the molecule is Cc1cnoc1C(=O)N(C)C(C)(C)CC(=O)O. The highest BCUT2D eigenvalue weighted by atomic mass is 16.5. The van der Waals surface area contributed by atoms with Crippen LogP contribution in [0.4, 0.5) is 0 Å². The number of hydrogen-bond donors (Lipinski definition) is 1. The van der Waals surface area contributed by atoms with Crippen molar-refractivity contribution in [1.29, 1.82) is 0 Å². The summed E-state index contributed by atoms with van der Waals surface area (Å²) in [6.45, 7) is 5.08. The summed E-state index contributed by atoms with van der Waals surface area (Å²) in [7, 11) is 1.55. The number of hydrogen-bond acceptors (Lipinski definition) is 4. The second-order valence-electron chi connectivity index (χ2n) is 4.59. The maximum atomic E-state index is 12.1. The number of carbonyl (C=O) groups excluding carboxylic acids is 1. The number of aryl methyl sites for hydroxylation is 1. The quantitative estimate of drug-likeness (QED) is 0.857. The highest BCUT2D eigenvalue weighted by Crippen LogP contribution is 2.20. The van der Waals surface area contributed by atoms with Crippen molar-refractivity contribution < 1.29 is 19.2 Å². The summed E-state index contributed by atoms with van der Waals surface area (Å²) < 4.78 is 4.86. The van der Waals surface area contributed by atoms with Crippen LogP contribution in [0.2, 0.25) is 0 Å². The Morgan fingerprint density at radius 2 is 2.12 bits per heavy atom. The summed E-state index contributed by atoms with van der Waals surface area (Å²) in [6.07, 6.45) is 1.31. The molecule has 0 aromatic carbocycles. The molecular weight excluding hydrogens is 224 g/mol. The van der Waals surface area contributed by atoms with Crippen molar-refractivity contribution in [2.45, 2.75) is 32.7 Å². The number of aromatic nitrogens is 1. The van der Waals surface area contributed by atoms with Crippen molar-refractivity contribution in [1.82, 2.24) is 10.1 Å². The number of aliphatic carboxylic acids is 1. The van der Waals surface area contributed by atoms with Crippen molar-refractivity contribution in [2.24, 2.45) is 0 Å². The molecule has 1 rings (SSSR count). The van der Waals surface area contributed by atoms with Gasteiger partial charge in [-0.15, -0.1) is 0 Å². The lowest BCUT2D eigenvalue weighted by atomic mass is 9.98. The van der Waals surface area contributed by atoms with Crippen molar-refractivity contribution >= 4 is 11.9 Å². The summed E-state index contributed by atoms with van der Waals surface area (Å²) in [5.74, 6) is -1.18. The van der Waals surface area contributed by atoms with Gasteiger partial charge in [0.25, 0.3) is 5.91 Å². The fourth-order valence-corrected chi connectivity index (χ4v) is 1.41. The molecule has 0 spiro atoms. The zero-order valence-electron chi connectivity index (χ0n) is 10.4. The van der Waals surface area contributed by atoms with Gasteiger partial charge in [-0.25, -0.2) is 0 Å². The van der Waals surface area contributed by atoms with E-state index in [1.54, 1.807) is 27.8 Å². The molecule has 0 aliphatic rings. The Balaban J connectivity index is 2.90. The van der Waals surface area contributed by atoms with Gasteiger partial charge in [-0.1, -0.05) is 5.16 Å². The van der Waals surface area contributed by atoms with Crippen LogP contribution in [-0.2, 0) is 4.79 Å². The van der Waals surface area contributed by atoms with Crippen LogP contribution in [0.15, 0.2) is 10.7 Å². The molecule has 0 bridgehead atoms. The van der Waals surface area contributed by atoms with E-state index in [4.69, 9.17) is 9.63 Å². The molecule has 1 N–H and O–H groups in total. The van der Waals surface area contributed by atoms with Crippen LogP contribution in [0.1, 0.15) is 36.4 Å². The molecule has 1 aromatic rings. The number of amides is 1. The van der Waals surface area contributed by atoms with E-state index in [2.05, 4.69) is 5.16 Å². The maximum Gasteiger partial charge on any atom is 0.305 e. The van der Waals surface area contributed by atoms with Crippen molar-refractivity contribution in [3.63, 3.8) is 0 Å². The van der Waals surface area contributed by atoms with Gasteiger partial charge in [0, 0.05) is 18.2 Å². The number of rotatable bonds is 4. The van der Waals surface area contributed by atoms with Crippen LogP contribution >= 0.6 is 0 Å². The van der Waals surface area contributed by atoms with Crippen LogP contribution < -0.4 is 0 Å². The lowest BCUT2D eigenvalue weighted by Crippen LogP contribution is -2.46. The molecule has 1 aromatic heterocycles. The van der Waals surface area contributed by atoms with E-state index in [9.17, 15) is 9.59 Å². The van der Waals surface area contributed by atoms with Gasteiger partial charge < -0.3 is 14.5 Å². The third-order valence-electron chi connectivity index (χ3n) is 2.74. The smallest absolute Gasteiger partial charge is 0.305 e. The van der Waals surface area contributed by atoms with E-state index in [1.807, 2.05) is 0 Å². The van der Waals surface area contributed by atoms with Crippen LogP contribution in [0.25, 0.3) is 0 Å². The van der Waals surface area contributed by atoms with Crippen molar-refractivity contribution in [2.75, 3.05) is 7.05 Å². The van der Waals surface area contributed by atoms with Crippen LogP contribution in [0.5, 0.6) is 0 Å². The van der Waals surface area contributed by atoms with Crippen molar-refractivity contribution in [3.05, 3.63) is 17.5 Å². The highest BCUT2D eigenvalue weighted by Gasteiger charge is 2.32. The molecule has 17 heavy (non-hydrogen) atoms. The molecule has 0 aliphatic carbocycles. The molecular formula is C11H16N2O4. The molecule has 6 heteroatoms. The van der Waals surface area contributed by atoms with Crippen LogP contribution in [0, 0.1) is 6.92 Å². The predicted molar refractivity (Wildman–Crippen MR) is 59.7 cm³/mol. The van der Waals surface area contributed by atoms with E-state index in [0.717, 1.165) is 0 Å². The van der Waals surface area contributed by atoms with Gasteiger partial charge in [0.2, 0.25) is 5.76 Å². The first kappa shape index (κ1) is 13.2. The van der Waals surface area contributed by atoms with E-state index < -0.39 is 11.5 Å². The van der Waals surface area contributed by atoms with Crippen LogP contribution in [-0.4, -0.2) is 39.6 Å². The largest absolute Gasteiger partial charge is 0.481 e. The minimum atomic E-state index is -0.955. The van der Waals surface area contributed by atoms with Gasteiger partial charge in [0.05, 0.1) is 12.6 Å². The maximum absolute atomic E-state index is 12.1. The van der Waals surface area contributed by atoms with Gasteiger partial charge >= 0.3 is 5.97 Å². The molecule has 1 amide bonds. The van der Waals surface area contributed by atoms with Crippen molar-refractivity contribution in [3.8, 4) is 0 Å². The second-order valence-corrected chi connectivity index (χ2v) is 4.59. The standard InChI is InChI=1S/C11H16N2O4/c1-7-6-12-17-9(7)10(16)13(4)11(2,3)5-8(14)15/h6H,5H2,1-4H3,(H,14,15). The third-order valence-corrected chi connectivity index (χ3v) is 2.74. The number of carbonyl (C=O) groups is 2. The summed E-state index contributed by atoms with van der Waals surface area (Å²) in [5, 5.41) is 12.3. The third kappa shape index (κ3) is 2.83. The van der Waals surface area contributed by atoms with E-state index in [-0.39, 0.29) is 18.1 Å².